The number of rotatable bonds is 1. The Kier molecular flexibility index (Phi) is 2.49. The third-order valence-corrected chi connectivity index (χ3v) is 3.93. The van der Waals surface area contributed by atoms with Crippen molar-refractivity contribution >= 4 is 34.2 Å². The second-order valence-corrected chi connectivity index (χ2v) is 5.46. The number of imidazole rings is 1. The fraction of sp³-hybridized carbons (Fsp3) is 0.133. The van der Waals surface area contributed by atoms with Crippen LogP contribution in [0.4, 0.5) is 0 Å². The van der Waals surface area contributed by atoms with Crippen LogP contribution >= 0.6 is 12.2 Å². The quantitative estimate of drug-likeness (QED) is 0.548. The monoisotopic (exact) mass is 295 g/mol. The van der Waals surface area contributed by atoms with Gasteiger partial charge in [-0.25, -0.2) is 0 Å². The molecule has 3 aromatic heterocycles. The number of aryl methyl sites for hydroxylation is 2. The lowest BCUT2D eigenvalue weighted by Gasteiger charge is -2.05. The summed E-state index contributed by atoms with van der Waals surface area (Å²) in [6, 6.07) is 8.07. The van der Waals surface area contributed by atoms with Crippen molar-refractivity contribution in [1.82, 2.24) is 24.3 Å². The number of aromatic amines is 1. The number of H-pyrrole nitrogens is 1. The molecule has 1 N–H and O–H groups in total. The van der Waals surface area contributed by atoms with Crippen molar-refractivity contribution in [3.05, 3.63) is 47.1 Å². The van der Waals surface area contributed by atoms with Gasteiger partial charge < -0.3 is 4.98 Å². The molecule has 0 radical (unpaired) electrons. The first-order valence-electron chi connectivity index (χ1n) is 6.64. The summed E-state index contributed by atoms with van der Waals surface area (Å²) in [5.41, 5.74) is 4.86. The molecule has 0 bridgehead atoms. The van der Waals surface area contributed by atoms with E-state index in [9.17, 15) is 0 Å². The third kappa shape index (κ3) is 1.72. The van der Waals surface area contributed by atoms with Crippen molar-refractivity contribution < 1.29 is 0 Å². The zero-order valence-electron chi connectivity index (χ0n) is 11.7. The first-order valence-corrected chi connectivity index (χ1v) is 7.05. The van der Waals surface area contributed by atoms with Crippen molar-refractivity contribution in [3.63, 3.8) is 0 Å². The van der Waals surface area contributed by atoms with Crippen LogP contribution in [0.3, 0.4) is 0 Å². The van der Waals surface area contributed by atoms with Crippen molar-refractivity contribution in [2.45, 2.75) is 6.92 Å². The molecule has 0 saturated carbocycles. The van der Waals surface area contributed by atoms with Gasteiger partial charge in [0.2, 0.25) is 0 Å². The summed E-state index contributed by atoms with van der Waals surface area (Å²) >= 11 is 5.51. The van der Waals surface area contributed by atoms with Gasteiger partial charge >= 0.3 is 0 Å². The maximum absolute atomic E-state index is 5.51. The minimum Gasteiger partial charge on any atom is -0.329 e. The SMILES string of the molecule is Cc1nn(C)cc1-n1c(=S)[nH]c2cnc3ccccc3c21. The zero-order chi connectivity index (χ0) is 14.6. The number of pyridine rings is 1. The number of aromatic nitrogens is 5. The van der Waals surface area contributed by atoms with Gasteiger partial charge in [0.05, 0.1) is 34.1 Å². The molecule has 6 heteroatoms. The Bertz CT molecular complexity index is 1040. The van der Waals surface area contributed by atoms with E-state index in [4.69, 9.17) is 12.2 Å². The van der Waals surface area contributed by atoms with Gasteiger partial charge in [0.1, 0.15) is 0 Å². The Morgan fingerprint density at radius 1 is 1.24 bits per heavy atom. The van der Waals surface area contributed by atoms with E-state index in [1.165, 1.54) is 0 Å². The predicted octanol–water partition coefficient (Wildman–Crippen LogP) is 3.28. The van der Waals surface area contributed by atoms with E-state index in [1.54, 1.807) is 4.68 Å². The number of hydrogen-bond donors (Lipinski definition) is 1. The van der Waals surface area contributed by atoms with Crippen LogP contribution in [-0.4, -0.2) is 24.3 Å². The molecule has 0 spiro atoms. The smallest absolute Gasteiger partial charge is 0.182 e. The molecule has 5 nitrogen and oxygen atoms in total. The Hall–Kier alpha value is -2.47. The van der Waals surface area contributed by atoms with Crippen molar-refractivity contribution in [3.8, 4) is 5.69 Å². The highest BCUT2D eigenvalue weighted by molar-refractivity contribution is 7.71. The van der Waals surface area contributed by atoms with E-state index in [0.717, 1.165) is 33.3 Å². The van der Waals surface area contributed by atoms with Crippen LogP contribution < -0.4 is 0 Å². The summed E-state index contributed by atoms with van der Waals surface area (Å²) in [6.07, 6.45) is 3.81. The van der Waals surface area contributed by atoms with Gasteiger partial charge in [-0.3, -0.25) is 14.2 Å². The average molecular weight is 295 g/mol. The number of nitrogens with zero attached hydrogens (tertiary/aromatic N) is 4. The lowest BCUT2D eigenvalue weighted by molar-refractivity contribution is 0.756. The fourth-order valence-corrected chi connectivity index (χ4v) is 3.07. The molecule has 3 heterocycles. The first kappa shape index (κ1) is 12.3. The first-order chi connectivity index (χ1) is 10.1. The molecule has 0 amide bonds. The van der Waals surface area contributed by atoms with Crippen LogP contribution in [0.2, 0.25) is 0 Å². The molecule has 1 aromatic carbocycles. The van der Waals surface area contributed by atoms with Crippen LogP contribution in [0, 0.1) is 11.7 Å². The van der Waals surface area contributed by atoms with E-state index >= 15 is 0 Å². The van der Waals surface area contributed by atoms with E-state index in [-0.39, 0.29) is 0 Å². The highest BCUT2D eigenvalue weighted by atomic mass is 32.1. The summed E-state index contributed by atoms with van der Waals surface area (Å²) in [7, 11) is 1.91. The molecule has 104 valence electrons. The van der Waals surface area contributed by atoms with Gasteiger partial charge in [-0.05, 0) is 25.2 Å². The van der Waals surface area contributed by atoms with Gasteiger partial charge in [0.15, 0.2) is 4.77 Å². The number of nitrogens with one attached hydrogen (secondary N) is 1. The molecule has 0 unspecified atom stereocenters. The normalized spacial score (nSPS) is 11.5. The highest BCUT2D eigenvalue weighted by Gasteiger charge is 2.14. The van der Waals surface area contributed by atoms with Crippen LogP contribution in [0.15, 0.2) is 36.7 Å². The summed E-state index contributed by atoms with van der Waals surface area (Å²) in [6.45, 7) is 1.99. The molecule has 0 aliphatic heterocycles. The maximum atomic E-state index is 5.51. The minimum absolute atomic E-state index is 0.652. The predicted molar refractivity (Wildman–Crippen MR) is 85.3 cm³/mol. The minimum atomic E-state index is 0.652. The topological polar surface area (TPSA) is 51.4 Å². The van der Waals surface area contributed by atoms with Gasteiger partial charge in [0, 0.05) is 18.6 Å². The number of para-hydroxylation sites is 1. The van der Waals surface area contributed by atoms with E-state index < -0.39 is 0 Å². The van der Waals surface area contributed by atoms with E-state index in [1.807, 2.05) is 49.1 Å². The van der Waals surface area contributed by atoms with E-state index in [2.05, 4.69) is 21.1 Å². The largest absolute Gasteiger partial charge is 0.329 e. The molecule has 4 rings (SSSR count). The lowest BCUT2D eigenvalue weighted by Crippen LogP contribution is -1.95. The van der Waals surface area contributed by atoms with Crippen LogP contribution in [-0.2, 0) is 7.05 Å². The maximum Gasteiger partial charge on any atom is 0.182 e. The molecule has 0 fully saturated rings. The fourth-order valence-electron chi connectivity index (χ4n) is 2.77. The molecule has 4 aromatic rings. The standard InChI is InChI=1S/C15H13N5S/c1-9-13(8-19(2)18-9)20-14-10-5-3-4-6-11(10)16-7-12(14)17-15(20)21/h3-8H,1-2H3,(H,17,21). The molecular weight excluding hydrogens is 282 g/mol. The second-order valence-electron chi connectivity index (χ2n) is 5.08. The Labute approximate surface area is 125 Å². The van der Waals surface area contributed by atoms with Crippen LogP contribution in [0.25, 0.3) is 27.6 Å². The van der Waals surface area contributed by atoms with Crippen LogP contribution in [0.1, 0.15) is 5.69 Å². The zero-order valence-corrected chi connectivity index (χ0v) is 12.5. The Morgan fingerprint density at radius 3 is 2.81 bits per heavy atom. The van der Waals surface area contributed by atoms with Gasteiger partial charge in [-0.1, -0.05) is 18.2 Å². The molecule has 0 aliphatic rings. The summed E-state index contributed by atoms with van der Waals surface area (Å²) in [4.78, 5) is 7.71. The van der Waals surface area contributed by atoms with Crippen molar-refractivity contribution in [2.75, 3.05) is 0 Å². The molecule has 0 saturated heterocycles. The molecule has 21 heavy (non-hydrogen) atoms. The molecule has 0 atom stereocenters. The average Bonchev–Trinajstić information content (AvgIpc) is 2.97. The number of benzene rings is 1. The van der Waals surface area contributed by atoms with Gasteiger partial charge in [-0.2, -0.15) is 5.10 Å². The van der Waals surface area contributed by atoms with Crippen LogP contribution in [0.5, 0.6) is 0 Å². The highest BCUT2D eigenvalue weighted by Crippen LogP contribution is 2.27. The number of fused-ring (bicyclic) bond motifs is 3. The lowest BCUT2D eigenvalue weighted by atomic mass is 10.2. The van der Waals surface area contributed by atoms with Crippen molar-refractivity contribution in [2.24, 2.45) is 7.05 Å². The summed E-state index contributed by atoms with van der Waals surface area (Å²) in [5.74, 6) is 0. The Morgan fingerprint density at radius 2 is 2.05 bits per heavy atom. The van der Waals surface area contributed by atoms with Crippen molar-refractivity contribution in [1.29, 1.82) is 0 Å². The number of hydrogen-bond acceptors (Lipinski definition) is 3. The summed E-state index contributed by atoms with van der Waals surface area (Å²) < 4.78 is 4.49. The van der Waals surface area contributed by atoms with Gasteiger partial charge in [0.25, 0.3) is 0 Å². The molecule has 0 aliphatic carbocycles. The third-order valence-electron chi connectivity index (χ3n) is 3.64. The Balaban J connectivity index is 2.23. The molecular formula is C15H13N5S. The summed E-state index contributed by atoms with van der Waals surface area (Å²) in [5, 5.41) is 5.49. The second kappa shape index (κ2) is 4.26. The van der Waals surface area contributed by atoms with E-state index in [0.29, 0.717) is 4.77 Å². The van der Waals surface area contributed by atoms with Gasteiger partial charge in [-0.15, -0.1) is 0 Å².